The van der Waals surface area contributed by atoms with E-state index in [2.05, 4.69) is 10.6 Å². The zero-order chi connectivity index (χ0) is 19.6. The molecule has 2 amide bonds. The zero-order valence-corrected chi connectivity index (χ0v) is 14.9. The van der Waals surface area contributed by atoms with E-state index in [9.17, 15) is 22.8 Å². The lowest BCUT2D eigenvalue weighted by Gasteiger charge is -2.20. The Morgan fingerprint density at radius 1 is 1.19 bits per heavy atom. The van der Waals surface area contributed by atoms with Crippen LogP contribution in [0.5, 0.6) is 0 Å². The molecule has 0 bridgehead atoms. The third-order valence-electron chi connectivity index (χ3n) is 3.92. The number of nitrogens with one attached hydrogen (secondary N) is 2. The van der Waals surface area contributed by atoms with Crippen molar-refractivity contribution < 1.29 is 22.8 Å². The van der Waals surface area contributed by atoms with Crippen LogP contribution >= 0.6 is 11.8 Å². The molecule has 27 heavy (non-hydrogen) atoms. The first-order chi connectivity index (χ1) is 12.7. The SMILES string of the molecule is CC(NC(=O)/C=C1/Sc2ccc(C(F)(F)F)cc2NC1=O)c1ccccc1. The van der Waals surface area contributed by atoms with Crippen molar-refractivity contribution in [2.24, 2.45) is 0 Å². The molecule has 0 fully saturated rings. The van der Waals surface area contributed by atoms with Crippen molar-refractivity contribution in [1.82, 2.24) is 5.32 Å². The maximum absolute atomic E-state index is 12.8. The predicted octanol–water partition coefficient (Wildman–Crippen LogP) is 4.51. The van der Waals surface area contributed by atoms with Crippen LogP contribution in [-0.2, 0) is 15.8 Å². The first-order valence-corrected chi connectivity index (χ1v) is 8.83. The maximum atomic E-state index is 12.8. The number of carbonyl (C=O) groups excluding carboxylic acids is 2. The topological polar surface area (TPSA) is 58.2 Å². The number of rotatable bonds is 3. The monoisotopic (exact) mass is 392 g/mol. The summed E-state index contributed by atoms with van der Waals surface area (Å²) >= 11 is 0.957. The molecule has 1 aliphatic rings. The van der Waals surface area contributed by atoms with Crippen molar-refractivity contribution in [2.45, 2.75) is 24.0 Å². The predicted molar refractivity (Wildman–Crippen MR) is 97.0 cm³/mol. The van der Waals surface area contributed by atoms with Crippen LogP contribution < -0.4 is 10.6 Å². The van der Waals surface area contributed by atoms with Crippen LogP contribution in [0.25, 0.3) is 0 Å². The Hall–Kier alpha value is -2.74. The third-order valence-corrected chi connectivity index (χ3v) is 5.02. The minimum Gasteiger partial charge on any atom is -0.346 e. The van der Waals surface area contributed by atoms with E-state index in [1.54, 1.807) is 0 Å². The summed E-state index contributed by atoms with van der Waals surface area (Å²) < 4.78 is 38.3. The highest BCUT2D eigenvalue weighted by molar-refractivity contribution is 8.04. The third kappa shape index (κ3) is 4.51. The lowest BCUT2D eigenvalue weighted by atomic mass is 10.1. The van der Waals surface area contributed by atoms with E-state index >= 15 is 0 Å². The molecular formula is C19H15F3N2O2S. The van der Waals surface area contributed by atoms with Gasteiger partial charge in [0.25, 0.3) is 5.91 Å². The van der Waals surface area contributed by atoms with Gasteiger partial charge < -0.3 is 10.6 Å². The molecule has 0 saturated heterocycles. The van der Waals surface area contributed by atoms with Crippen LogP contribution in [0.1, 0.15) is 24.1 Å². The average Bonchev–Trinajstić information content (AvgIpc) is 2.61. The summed E-state index contributed by atoms with van der Waals surface area (Å²) in [4.78, 5) is 24.9. The largest absolute Gasteiger partial charge is 0.416 e. The van der Waals surface area contributed by atoms with Crippen LogP contribution in [0.15, 0.2) is 64.4 Å². The van der Waals surface area contributed by atoms with Crippen molar-refractivity contribution in [3.63, 3.8) is 0 Å². The molecule has 2 aromatic rings. The molecule has 4 nitrogen and oxygen atoms in total. The Bertz CT molecular complexity index is 911. The highest BCUT2D eigenvalue weighted by atomic mass is 32.2. The van der Waals surface area contributed by atoms with Crippen LogP contribution in [0.4, 0.5) is 18.9 Å². The fourth-order valence-electron chi connectivity index (χ4n) is 2.54. The number of hydrogen-bond acceptors (Lipinski definition) is 3. The van der Waals surface area contributed by atoms with Gasteiger partial charge in [-0.3, -0.25) is 9.59 Å². The minimum absolute atomic E-state index is 0.0787. The smallest absolute Gasteiger partial charge is 0.346 e. The summed E-state index contributed by atoms with van der Waals surface area (Å²) in [6.45, 7) is 1.81. The molecule has 1 heterocycles. The molecule has 0 saturated carbocycles. The molecule has 140 valence electrons. The molecule has 0 aliphatic carbocycles. The molecule has 3 rings (SSSR count). The molecule has 8 heteroatoms. The van der Waals surface area contributed by atoms with Gasteiger partial charge in [-0.25, -0.2) is 0 Å². The van der Waals surface area contributed by atoms with E-state index in [1.807, 2.05) is 37.3 Å². The highest BCUT2D eigenvalue weighted by Gasteiger charge is 2.32. The number of carbonyl (C=O) groups is 2. The lowest BCUT2D eigenvalue weighted by molar-refractivity contribution is -0.137. The normalized spacial score (nSPS) is 16.4. The Morgan fingerprint density at radius 2 is 1.89 bits per heavy atom. The van der Waals surface area contributed by atoms with Crippen LogP contribution in [0.2, 0.25) is 0 Å². The second-order valence-electron chi connectivity index (χ2n) is 5.91. The number of halogens is 3. The molecule has 2 aromatic carbocycles. The zero-order valence-electron chi connectivity index (χ0n) is 14.1. The minimum atomic E-state index is -4.49. The molecule has 2 N–H and O–H groups in total. The van der Waals surface area contributed by atoms with Crippen LogP contribution in [0.3, 0.4) is 0 Å². The van der Waals surface area contributed by atoms with Crippen molar-refractivity contribution in [2.75, 3.05) is 5.32 Å². The van der Waals surface area contributed by atoms with Crippen LogP contribution in [-0.4, -0.2) is 11.8 Å². The highest BCUT2D eigenvalue weighted by Crippen LogP contribution is 2.41. The van der Waals surface area contributed by atoms with E-state index in [4.69, 9.17) is 0 Å². The number of benzene rings is 2. The van der Waals surface area contributed by atoms with Gasteiger partial charge in [0.2, 0.25) is 5.91 Å². The molecule has 1 unspecified atom stereocenters. The lowest BCUT2D eigenvalue weighted by Crippen LogP contribution is -2.26. The van der Waals surface area contributed by atoms with Gasteiger partial charge in [0, 0.05) is 11.0 Å². The number of fused-ring (bicyclic) bond motifs is 1. The maximum Gasteiger partial charge on any atom is 0.416 e. The summed E-state index contributed by atoms with van der Waals surface area (Å²) in [5.74, 6) is -1.08. The van der Waals surface area contributed by atoms with Gasteiger partial charge in [-0.2, -0.15) is 13.2 Å². The number of hydrogen-bond donors (Lipinski definition) is 2. The summed E-state index contributed by atoms with van der Waals surface area (Å²) in [7, 11) is 0. The standard InChI is InChI=1S/C19H15F3N2O2S/c1-11(12-5-3-2-4-6-12)23-17(25)10-16-18(26)24-14-9-13(19(20,21)22)7-8-15(14)27-16/h2-11H,1H3,(H,23,25)(H,24,26)/b16-10+. The Balaban J connectivity index is 1.74. The van der Waals surface area contributed by atoms with Crippen molar-refractivity contribution in [3.8, 4) is 0 Å². The number of alkyl halides is 3. The van der Waals surface area contributed by atoms with Crippen molar-refractivity contribution >= 4 is 29.3 Å². The summed E-state index contributed by atoms with van der Waals surface area (Å²) in [6.07, 6.45) is -3.34. The Morgan fingerprint density at radius 3 is 2.56 bits per heavy atom. The first-order valence-electron chi connectivity index (χ1n) is 8.01. The van der Waals surface area contributed by atoms with Gasteiger partial charge in [0.1, 0.15) is 0 Å². The van der Waals surface area contributed by atoms with Gasteiger partial charge in [-0.05, 0) is 30.7 Å². The first kappa shape index (κ1) is 19.0. The van der Waals surface area contributed by atoms with Gasteiger partial charge in [0.15, 0.2) is 0 Å². The molecule has 1 aliphatic heterocycles. The second-order valence-corrected chi connectivity index (χ2v) is 7.00. The molecule has 0 aromatic heterocycles. The fraction of sp³-hybridized carbons (Fsp3) is 0.158. The number of amides is 2. The molecule has 0 spiro atoms. The Kier molecular flexibility index (Phi) is 5.27. The summed E-state index contributed by atoms with van der Waals surface area (Å²) in [6, 6.07) is 12.2. The van der Waals surface area contributed by atoms with Gasteiger partial charge >= 0.3 is 6.18 Å². The van der Waals surface area contributed by atoms with Crippen molar-refractivity contribution in [1.29, 1.82) is 0 Å². The van der Waals surface area contributed by atoms with Gasteiger partial charge in [-0.1, -0.05) is 42.1 Å². The van der Waals surface area contributed by atoms with E-state index < -0.39 is 23.6 Å². The number of thioether (sulfide) groups is 1. The fourth-order valence-corrected chi connectivity index (χ4v) is 3.44. The van der Waals surface area contributed by atoms with Gasteiger partial charge in [-0.15, -0.1) is 0 Å². The summed E-state index contributed by atoms with van der Waals surface area (Å²) in [5.41, 5.74) is 0.147. The Labute approximate surface area is 157 Å². The quantitative estimate of drug-likeness (QED) is 0.756. The van der Waals surface area contributed by atoms with Crippen LogP contribution in [0, 0.1) is 0 Å². The van der Waals surface area contributed by atoms with E-state index in [1.165, 1.54) is 6.07 Å². The number of anilines is 1. The van der Waals surface area contributed by atoms with E-state index in [0.29, 0.717) is 4.90 Å². The van der Waals surface area contributed by atoms with E-state index in [0.717, 1.165) is 35.5 Å². The van der Waals surface area contributed by atoms with E-state index in [-0.39, 0.29) is 16.6 Å². The van der Waals surface area contributed by atoms with Crippen molar-refractivity contribution in [3.05, 3.63) is 70.6 Å². The second kappa shape index (κ2) is 7.48. The molecule has 1 atom stereocenters. The molecular weight excluding hydrogens is 377 g/mol. The average molecular weight is 392 g/mol. The molecule has 0 radical (unpaired) electrons. The summed E-state index contributed by atoms with van der Waals surface area (Å²) in [5, 5.41) is 5.16. The van der Waals surface area contributed by atoms with Gasteiger partial charge in [0.05, 0.1) is 22.2 Å².